The Morgan fingerprint density at radius 1 is 1.39 bits per heavy atom. The molecule has 1 aliphatic heterocycles. The van der Waals surface area contributed by atoms with Crippen LogP contribution in [0.3, 0.4) is 0 Å². The third kappa shape index (κ3) is 2.71. The summed E-state index contributed by atoms with van der Waals surface area (Å²) in [7, 11) is 0. The standard InChI is InChI=1S/C15H24N2O/c1-4-18-14-9-12(16)8-13(10-14)17-7-5-6-15(17)11(2)3/h8-11,15H,4-7,16H2,1-3H3. The van der Waals surface area contributed by atoms with Crippen molar-refractivity contribution in [3.63, 3.8) is 0 Å². The summed E-state index contributed by atoms with van der Waals surface area (Å²) in [6, 6.07) is 6.69. The summed E-state index contributed by atoms with van der Waals surface area (Å²) in [5.41, 5.74) is 7.96. The van der Waals surface area contributed by atoms with Crippen molar-refractivity contribution < 1.29 is 4.74 Å². The molecule has 2 rings (SSSR count). The van der Waals surface area contributed by atoms with Crippen molar-refractivity contribution >= 4 is 11.4 Å². The van der Waals surface area contributed by atoms with Crippen molar-refractivity contribution in [2.45, 2.75) is 39.7 Å². The van der Waals surface area contributed by atoms with Crippen LogP contribution in [0.25, 0.3) is 0 Å². The van der Waals surface area contributed by atoms with Gasteiger partial charge in [-0.1, -0.05) is 13.8 Å². The Morgan fingerprint density at radius 2 is 2.17 bits per heavy atom. The molecule has 0 aliphatic carbocycles. The number of ether oxygens (including phenoxy) is 1. The zero-order chi connectivity index (χ0) is 13.1. The zero-order valence-corrected chi connectivity index (χ0v) is 11.6. The number of anilines is 2. The Balaban J connectivity index is 2.26. The van der Waals surface area contributed by atoms with Gasteiger partial charge in [-0.05, 0) is 31.7 Å². The van der Waals surface area contributed by atoms with Gasteiger partial charge in [-0.25, -0.2) is 0 Å². The molecule has 1 saturated heterocycles. The molecule has 1 fully saturated rings. The number of hydrogen-bond donors (Lipinski definition) is 1. The molecule has 2 N–H and O–H groups in total. The van der Waals surface area contributed by atoms with E-state index in [1.54, 1.807) is 0 Å². The number of nitrogens with two attached hydrogens (primary N) is 1. The molecule has 0 spiro atoms. The summed E-state index contributed by atoms with van der Waals surface area (Å²) < 4.78 is 5.58. The summed E-state index contributed by atoms with van der Waals surface area (Å²) in [6.07, 6.45) is 2.54. The fraction of sp³-hybridized carbons (Fsp3) is 0.600. The second kappa shape index (κ2) is 5.51. The Kier molecular flexibility index (Phi) is 4.00. The fourth-order valence-electron chi connectivity index (χ4n) is 2.83. The van der Waals surface area contributed by atoms with E-state index in [1.165, 1.54) is 18.5 Å². The number of nitrogens with zero attached hydrogens (tertiary/aromatic N) is 1. The van der Waals surface area contributed by atoms with Gasteiger partial charge in [0, 0.05) is 36.1 Å². The van der Waals surface area contributed by atoms with E-state index in [0.717, 1.165) is 18.0 Å². The Morgan fingerprint density at radius 3 is 2.83 bits per heavy atom. The maximum atomic E-state index is 5.97. The highest BCUT2D eigenvalue weighted by Crippen LogP contribution is 2.33. The smallest absolute Gasteiger partial charge is 0.123 e. The molecule has 100 valence electrons. The van der Waals surface area contributed by atoms with Crippen LogP contribution in [0.2, 0.25) is 0 Å². The predicted molar refractivity (Wildman–Crippen MR) is 77.2 cm³/mol. The molecule has 1 unspecified atom stereocenters. The van der Waals surface area contributed by atoms with Crippen LogP contribution in [0.4, 0.5) is 11.4 Å². The highest BCUT2D eigenvalue weighted by atomic mass is 16.5. The first-order valence-electron chi connectivity index (χ1n) is 6.91. The van der Waals surface area contributed by atoms with E-state index in [0.29, 0.717) is 18.6 Å². The normalized spacial score (nSPS) is 19.6. The van der Waals surface area contributed by atoms with Gasteiger partial charge in [0.05, 0.1) is 6.61 Å². The maximum absolute atomic E-state index is 5.97. The topological polar surface area (TPSA) is 38.5 Å². The van der Waals surface area contributed by atoms with Gasteiger partial charge in [0.2, 0.25) is 0 Å². The first-order valence-corrected chi connectivity index (χ1v) is 6.91. The number of benzene rings is 1. The van der Waals surface area contributed by atoms with E-state index < -0.39 is 0 Å². The molecule has 0 aromatic heterocycles. The minimum absolute atomic E-state index is 0.626. The fourth-order valence-corrected chi connectivity index (χ4v) is 2.83. The van der Waals surface area contributed by atoms with Gasteiger partial charge in [-0.2, -0.15) is 0 Å². The minimum atomic E-state index is 0.626. The lowest BCUT2D eigenvalue weighted by atomic mass is 10.0. The van der Waals surface area contributed by atoms with Crippen molar-refractivity contribution in [3.8, 4) is 5.75 Å². The highest BCUT2D eigenvalue weighted by Gasteiger charge is 2.27. The Bertz CT molecular complexity index is 403. The van der Waals surface area contributed by atoms with Gasteiger partial charge >= 0.3 is 0 Å². The van der Waals surface area contributed by atoms with Crippen molar-refractivity contribution in [2.75, 3.05) is 23.8 Å². The molecule has 3 nitrogen and oxygen atoms in total. The number of rotatable bonds is 4. The van der Waals surface area contributed by atoms with Crippen molar-refractivity contribution in [1.82, 2.24) is 0 Å². The van der Waals surface area contributed by atoms with Crippen LogP contribution in [0, 0.1) is 5.92 Å². The lowest BCUT2D eigenvalue weighted by molar-refractivity contribution is 0.340. The first kappa shape index (κ1) is 13.1. The molecule has 1 aliphatic rings. The lowest BCUT2D eigenvalue weighted by Gasteiger charge is -2.30. The molecule has 1 aromatic rings. The third-order valence-corrected chi connectivity index (χ3v) is 3.63. The quantitative estimate of drug-likeness (QED) is 0.831. The van der Waals surface area contributed by atoms with E-state index in [4.69, 9.17) is 10.5 Å². The first-order chi connectivity index (χ1) is 8.61. The third-order valence-electron chi connectivity index (χ3n) is 3.63. The molecule has 0 bridgehead atoms. The van der Waals surface area contributed by atoms with E-state index in [-0.39, 0.29) is 0 Å². The molecule has 0 saturated carbocycles. The van der Waals surface area contributed by atoms with E-state index in [2.05, 4.69) is 30.9 Å². The molecule has 18 heavy (non-hydrogen) atoms. The minimum Gasteiger partial charge on any atom is -0.494 e. The largest absolute Gasteiger partial charge is 0.494 e. The Labute approximate surface area is 110 Å². The Hall–Kier alpha value is -1.38. The van der Waals surface area contributed by atoms with E-state index >= 15 is 0 Å². The SMILES string of the molecule is CCOc1cc(N)cc(N2CCCC2C(C)C)c1. The van der Waals surface area contributed by atoms with Crippen LogP contribution in [0.15, 0.2) is 18.2 Å². The summed E-state index contributed by atoms with van der Waals surface area (Å²) in [4.78, 5) is 2.48. The van der Waals surface area contributed by atoms with Crippen LogP contribution < -0.4 is 15.4 Å². The van der Waals surface area contributed by atoms with Crippen LogP contribution in [-0.2, 0) is 0 Å². The average molecular weight is 248 g/mol. The van der Waals surface area contributed by atoms with E-state index in [9.17, 15) is 0 Å². The molecular weight excluding hydrogens is 224 g/mol. The van der Waals surface area contributed by atoms with E-state index in [1.807, 2.05) is 13.0 Å². The summed E-state index contributed by atoms with van der Waals surface area (Å²) in [5, 5.41) is 0. The van der Waals surface area contributed by atoms with Gasteiger partial charge in [0.25, 0.3) is 0 Å². The second-order valence-corrected chi connectivity index (χ2v) is 5.34. The van der Waals surface area contributed by atoms with Crippen LogP contribution in [0.5, 0.6) is 5.75 Å². The number of hydrogen-bond acceptors (Lipinski definition) is 3. The van der Waals surface area contributed by atoms with Crippen molar-refractivity contribution in [1.29, 1.82) is 0 Å². The summed E-state index contributed by atoms with van der Waals surface area (Å²) >= 11 is 0. The molecule has 0 amide bonds. The molecular formula is C15H24N2O. The van der Waals surface area contributed by atoms with Crippen molar-refractivity contribution in [2.24, 2.45) is 5.92 Å². The van der Waals surface area contributed by atoms with Crippen LogP contribution in [0.1, 0.15) is 33.6 Å². The molecule has 1 aromatic carbocycles. The summed E-state index contributed by atoms with van der Waals surface area (Å²) in [6.45, 7) is 8.38. The van der Waals surface area contributed by atoms with Gasteiger partial charge in [-0.3, -0.25) is 0 Å². The zero-order valence-electron chi connectivity index (χ0n) is 11.6. The predicted octanol–water partition coefficient (Wildman–Crippen LogP) is 3.29. The second-order valence-electron chi connectivity index (χ2n) is 5.34. The van der Waals surface area contributed by atoms with Gasteiger partial charge in [0.1, 0.15) is 5.75 Å². The van der Waals surface area contributed by atoms with Crippen molar-refractivity contribution in [3.05, 3.63) is 18.2 Å². The van der Waals surface area contributed by atoms with Crippen LogP contribution in [-0.4, -0.2) is 19.2 Å². The molecule has 1 heterocycles. The molecule has 0 radical (unpaired) electrons. The maximum Gasteiger partial charge on any atom is 0.123 e. The van der Waals surface area contributed by atoms with Crippen LogP contribution >= 0.6 is 0 Å². The highest BCUT2D eigenvalue weighted by molar-refractivity contribution is 5.61. The monoisotopic (exact) mass is 248 g/mol. The van der Waals surface area contributed by atoms with Gasteiger partial charge in [-0.15, -0.1) is 0 Å². The lowest BCUT2D eigenvalue weighted by Crippen LogP contribution is -2.33. The number of nitrogen functional groups attached to an aromatic ring is 1. The molecule has 1 atom stereocenters. The van der Waals surface area contributed by atoms with Gasteiger partial charge < -0.3 is 15.4 Å². The van der Waals surface area contributed by atoms with Gasteiger partial charge in [0.15, 0.2) is 0 Å². The average Bonchev–Trinajstić information content (AvgIpc) is 2.77. The summed E-state index contributed by atoms with van der Waals surface area (Å²) in [5.74, 6) is 1.55. The molecule has 3 heteroatoms.